The topological polar surface area (TPSA) is 101 Å². The van der Waals surface area contributed by atoms with Crippen molar-refractivity contribution in [3.63, 3.8) is 0 Å². The van der Waals surface area contributed by atoms with Gasteiger partial charge in [-0.3, -0.25) is 4.79 Å². The summed E-state index contributed by atoms with van der Waals surface area (Å²) in [6.45, 7) is 10.5. The minimum absolute atomic E-state index is 0.184. The van der Waals surface area contributed by atoms with Gasteiger partial charge in [-0.2, -0.15) is 4.31 Å². The summed E-state index contributed by atoms with van der Waals surface area (Å²) in [6, 6.07) is 5.80. The number of hydrogen-bond donors (Lipinski definition) is 1. The van der Waals surface area contributed by atoms with Crippen LogP contribution in [-0.2, 0) is 24.7 Å². The van der Waals surface area contributed by atoms with Gasteiger partial charge in [0.25, 0.3) is 0 Å². The van der Waals surface area contributed by atoms with Gasteiger partial charge >= 0.3 is 0 Å². The Bertz CT molecular complexity index is 842. The summed E-state index contributed by atoms with van der Waals surface area (Å²) in [6.07, 6.45) is 0. The highest BCUT2D eigenvalue weighted by Gasteiger charge is 2.31. The number of carbonyl (C=O) groups is 1. The number of carbonyl (C=O) groups excluding carboxylic acids is 1. The van der Waals surface area contributed by atoms with Gasteiger partial charge in [0, 0.05) is 13.1 Å². The first-order chi connectivity index (χ1) is 12.4. The van der Waals surface area contributed by atoms with Gasteiger partial charge in [0.05, 0.1) is 16.2 Å². The molecule has 1 N–H and O–H groups in total. The highest BCUT2D eigenvalue weighted by Crippen LogP contribution is 2.20. The Hall–Kier alpha value is -1.45. The Morgan fingerprint density at radius 1 is 0.963 bits per heavy atom. The molecule has 1 aromatic rings. The van der Waals surface area contributed by atoms with Crippen LogP contribution in [0.1, 0.15) is 53.1 Å². The summed E-state index contributed by atoms with van der Waals surface area (Å²) in [7, 11) is -7.08. The van der Waals surface area contributed by atoms with E-state index in [2.05, 4.69) is 5.32 Å². The van der Waals surface area contributed by atoms with Crippen molar-refractivity contribution >= 4 is 25.8 Å². The highest BCUT2D eigenvalue weighted by molar-refractivity contribution is 7.93. The molecule has 0 saturated carbocycles. The molecule has 1 aromatic carbocycles. The molecule has 2 atom stereocenters. The quantitative estimate of drug-likeness (QED) is 0.662. The van der Waals surface area contributed by atoms with Gasteiger partial charge in [0.1, 0.15) is 5.25 Å². The summed E-state index contributed by atoms with van der Waals surface area (Å²) >= 11 is 0. The molecule has 0 aliphatic rings. The lowest BCUT2D eigenvalue weighted by Crippen LogP contribution is -2.41. The van der Waals surface area contributed by atoms with Gasteiger partial charge in [-0.05, 0) is 45.4 Å². The van der Waals surface area contributed by atoms with E-state index in [0.29, 0.717) is 18.7 Å². The molecular formula is C18H30N2O5S2. The van der Waals surface area contributed by atoms with Gasteiger partial charge in [-0.25, -0.2) is 16.8 Å². The van der Waals surface area contributed by atoms with Gasteiger partial charge in [-0.1, -0.05) is 26.0 Å². The zero-order valence-electron chi connectivity index (χ0n) is 16.8. The lowest BCUT2D eigenvalue weighted by Gasteiger charge is -2.21. The van der Waals surface area contributed by atoms with Crippen LogP contribution in [0.3, 0.4) is 0 Å². The fourth-order valence-electron chi connectivity index (χ4n) is 2.61. The van der Waals surface area contributed by atoms with Crippen LogP contribution in [0.15, 0.2) is 29.2 Å². The third kappa shape index (κ3) is 5.30. The molecule has 0 aliphatic heterocycles. The number of hydrogen-bond acceptors (Lipinski definition) is 5. The zero-order valence-corrected chi connectivity index (χ0v) is 18.4. The summed E-state index contributed by atoms with van der Waals surface area (Å²) < 4.78 is 50.6. The first-order valence-electron chi connectivity index (χ1n) is 9.02. The molecule has 1 amide bonds. The van der Waals surface area contributed by atoms with E-state index >= 15 is 0 Å². The molecule has 0 bridgehead atoms. The number of sulfonamides is 1. The van der Waals surface area contributed by atoms with Crippen LogP contribution in [0.4, 0.5) is 0 Å². The maximum absolute atomic E-state index is 12.5. The maximum atomic E-state index is 12.5. The molecule has 1 rings (SSSR count). The summed E-state index contributed by atoms with van der Waals surface area (Å²) in [5.41, 5.74) is 0.691. The standard InChI is InChI=1S/C18H30N2O5S2/c1-7-20(8-2)27(24,25)17-11-9-16(10-12-17)14(5)19-18(21)15(6)26(22,23)13(3)4/h9-15H,7-8H2,1-6H3,(H,19,21). The largest absolute Gasteiger partial charge is 0.348 e. The molecule has 0 saturated heterocycles. The first kappa shape index (κ1) is 23.6. The predicted octanol–water partition coefficient (Wildman–Crippen LogP) is 2.11. The third-order valence-corrected chi connectivity index (χ3v) is 9.18. The van der Waals surface area contributed by atoms with E-state index in [1.807, 2.05) is 0 Å². The summed E-state index contributed by atoms with van der Waals surface area (Å²) in [4.78, 5) is 12.5. The summed E-state index contributed by atoms with van der Waals surface area (Å²) in [5, 5.41) is 0.891. The third-order valence-electron chi connectivity index (χ3n) is 4.60. The van der Waals surface area contributed by atoms with Gasteiger partial charge in [0.2, 0.25) is 15.9 Å². The van der Waals surface area contributed by atoms with E-state index in [4.69, 9.17) is 0 Å². The SMILES string of the molecule is CCN(CC)S(=O)(=O)c1ccc(C(C)NC(=O)C(C)S(=O)(=O)C(C)C)cc1. The van der Waals surface area contributed by atoms with Gasteiger partial charge < -0.3 is 5.32 Å². The Balaban J connectivity index is 2.95. The highest BCUT2D eigenvalue weighted by atomic mass is 32.2. The average molecular weight is 419 g/mol. The smallest absolute Gasteiger partial charge is 0.243 e. The van der Waals surface area contributed by atoms with E-state index in [-0.39, 0.29) is 4.90 Å². The Morgan fingerprint density at radius 3 is 1.85 bits per heavy atom. The predicted molar refractivity (Wildman–Crippen MR) is 107 cm³/mol. The van der Waals surface area contributed by atoms with Crippen molar-refractivity contribution in [3.05, 3.63) is 29.8 Å². The molecule has 0 heterocycles. The lowest BCUT2D eigenvalue weighted by atomic mass is 10.1. The van der Waals surface area contributed by atoms with E-state index in [1.165, 1.54) is 37.2 Å². The second-order valence-corrected chi connectivity index (χ2v) is 11.4. The maximum Gasteiger partial charge on any atom is 0.243 e. The minimum Gasteiger partial charge on any atom is -0.348 e. The fraction of sp³-hybridized carbons (Fsp3) is 0.611. The molecule has 0 fully saturated rings. The van der Waals surface area contributed by atoms with E-state index in [9.17, 15) is 21.6 Å². The van der Waals surface area contributed by atoms with E-state index in [1.54, 1.807) is 32.9 Å². The van der Waals surface area contributed by atoms with Crippen LogP contribution in [0.25, 0.3) is 0 Å². The van der Waals surface area contributed by atoms with Gasteiger partial charge in [-0.15, -0.1) is 0 Å². The number of nitrogens with one attached hydrogen (secondary N) is 1. The molecule has 154 valence electrons. The number of benzene rings is 1. The van der Waals surface area contributed by atoms with Crippen molar-refractivity contribution in [2.45, 2.75) is 63.0 Å². The zero-order chi connectivity index (χ0) is 21.0. The molecule has 27 heavy (non-hydrogen) atoms. The van der Waals surface area contributed by atoms with Gasteiger partial charge in [0.15, 0.2) is 9.84 Å². The van der Waals surface area contributed by atoms with Crippen molar-refractivity contribution < 1.29 is 21.6 Å². The molecule has 7 nitrogen and oxygen atoms in total. The lowest BCUT2D eigenvalue weighted by molar-refractivity contribution is -0.121. The monoisotopic (exact) mass is 418 g/mol. The van der Waals surface area contributed by atoms with Crippen LogP contribution in [0.5, 0.6) is 0 Å². The van der Waals surface area contributed by atoms with E-state index < -0.39 is 42.3 Å². The van der Waals surface area contributed by atoms with Crippen molar-refractivity contribution in [1.82, 2.24) is 9.62 Å². The average Bonchev–Trinajstić information content (AvgIpc) is 2.61. The molecule has 9 heteroatoms. The van der Waals surface area contributed by atoms with Crippen LogP contribution in [0, 0.1) is 0 Å². The number of amides is 1. The molecule has 2 unspecified atom stereocenters. The molecule has 0 radical (unpaired) electrons. The second-order valence-electron chi connectivity index (χ2n) is 6.67. The number of sulfone groups is 1. The number of rotatable bonds is 9. The van der Waals surface area contributed by atoms with Crippen LogP contribution in [0.2, 0.25) is 0 Å². The number of nitrogens with zero attached hydrogens (tertiary/aromatic N) is 1. The Morgan fingerprint density at radius 2 is 1.44 bits per heavy atom. The van der Waals surface area contributed by atoms with Crippen molar-refractivity contribution in [3.8, 4) is 0 Å². The minimum atomic E-state index is -3.54. The Kier molecular flexibility index (Phi) is 8.00. The van der Waals surface area contributed by atoms with Crippen molar-refractivity contribution in [2.75, 3.05) is 13.1 Å². The van der Waals surface area contributed by atoms with Crippen molar-refractivity contribution in [2.24, 2.45) is 0 Å². The molecule has 0 aliphatic carbocycles. The van der Waals surface area contributed by atoms with Crippen LogP contribution < -0.4 is 5.32 Å². The van der Waals surface area contributed by atoms with Crippen LogP contribution in [-0.4, -0.2) is 50.6 Å². The first-order valence-corrected chi connectivity index (χ1v) is 12.1. The normalized spacial score (nSPS) is 15.0. The fourth-order valence-corrected chi connectivity index (χ4v) is 5.25. The van der Waals surface area contributed by atoms with E-state index in [0.717, 1.165) is 0 Å². The molecule has 0 aromatic heterocycles. The summed E-state index contributed by atoms with van der Waals surface area (Å²) in [5.74, 6) is -0.573. The molecule has 0 spiro atoms. The second kappa shape index (κ2) is 9.16. The molecular weight excluding hydrogens is 388 g/mol. The van der Waals surface area contributed by atoms with Crippen molar-refractivity contribution in [1.29, 1.82) is 0 Å². The Labute approximate surface area is 163 Å². The van der Waals surface area contributed by atoms with Crippen LogP contribution >= 0.6 is 0 Å².